The number of rotatable bonds is 5. The zero-order chi connectivity index (χ0) is 18.1. The SMILES string of the molecule is C=C1/C(=C/CC)C(=O)CC1OC(=O)C1C(C=C(C#N)SC)C1(C)C. The van der Waals surface area contributed by atoms with Crippen LogP contribution in [0.25, 0.3) is 0 Å². The zero-order valence-corrected chi connectivity index (χ0v) is 15.4. The van der Waals surface area contributed by atoms with Gasteiger partial charge in [0.2, 0.25) is 0 Å². The third kappa shape index (κ3) is 3.34. The summed E-state index contributed by atoms with van der Waals surface area (Å²) in [6, 6.07) is 2.13. The summed E-state index contributed by atoms with van der Waals surface area (Å²) in [4.78, 5) is 25.2. The normalized spacial score (nSPS) is 30.4. The van der Waals surface area contributed by atoms with Gasteiger partial charge < -0.3 is 4.74 Å². The van der Waals surface area contributed by atoms with Crippen LogP contribution in [0.15, 0.2) is 34.8 Å². The first-order valence-corrected chi connectivity index (χ1v) is 9.29. The van der Waals surface area contributed by atoms with E-state index in [9.17, 15) is 9.59 Å². The van der Waals surface area contributed by atoms with Crippen molar-refractivity contribution in [3.63, 3.8) is 0 Å². The maximum Gasteiger partial charge on any atom is 0.310 e. The van der Waals surface area contributed by atoms with Crippen LogP contribution in [0.1, 0.15) is 33.6 Å². The van der Waals surface area contributed by atoms with Gasteiger partial charge in [0.25, 0.3) is 0 Å². The number of Topliss-reactive ketones (excluding diaryl/α,β-unsaturated/α-hetero) is 1. The first-order chi connectivity index (χ1) is 11.3. The summed E-state index contributed by atoms with van der Waals surface area (Å²) in [5.41, 5.74) is 0.958. The number of esters is 1. The molecule has 3 atom stereocenters. The number of carbonyl (C=O) groups is 2. The highest BCUT2D eigenvalue weighted by atomic mass is 32.2. The first kappa shape index (κ1) is 18.5. The van der Waals surface area contributed by atoms with Gasteiger partial charge in [0.1, 0.15) is 12.2 Å². The number of thioether (sulfide) groups is 1. The molecule has 5 heteroatoms. The molecule has 2 aliphatic carbocycles. The quantitative estimate of drug-likeness (QED) is 0.431. The fourth-order valence-corrected chi connectivity index (χ4v) is 3.66. The molecule has 0 saturated heterocycles. The van der Waals surface area contributed by atoms with Gasteiger partial charge in [0.05, 0.1) is 17.2 Å². The van der Waals surface area contributed by atoms with E-state index in [0.29, 0.717) is 16.1 Å². The molecule has 2 aliphatic rings. The number of nitriles is 1. The summed E-state index contributed by atoms with van der Waals surface area (Å²) in [5, 5.41) is 9.06. The van der Waals surface area contributed by atoms with Crippen LogP contribution < -0.4 is 0 Å². The van der Waals surface area contributed by atoms with Crippen molar-refractivity contribution in [3.8, 4) is 6.07 Å². The van der Waals surface area contributed by atoms with Gasteiger partial charge in [0, 0.05) is 5.57 Å². The minimum absolute atomic E-state index is 0.0110. The lowest BCUT2D eigenvalue weighted by molar-refractivity contribution is -0.149. The minimum Gasteiger partial charge on any atom is -0.457 e. The Morgan fingerprint density at radius 3 is 2.75 bits per heavy atom. The van der Waals surface area contributed by atoms with E-state index < -0.39 is 6.10 Å². The molecular weight excluding hydrogens is 322 g/mol. The molecule has 0 aromatic carbocycles. The first-order valence-electron chi connectivity index (χ1n) is 8.06. The topological polar surface area (TPSA) is 67.2 Å². The van der Waals surface area contributed by atoms with Crippen molar-refractivity contribution in [2.24, 2.45) is 17.3 Å². The van der Waals surface area contributed by atoms with E-state index in [1.165, 1.54) is 11.8 Å². The molecule has 4 nitrogen and oxygen atoms in total. The molecule has 0 amide bonds. The molecule has 0 aromatic heterocycles. The van der Waals surface area contributed by atoms with Gasteiger partial charge in [0.15, 0.2) is 5.78 Å². The van der Waals surface area contributed by atoms with Crippen molar-refractivity contribution in [3.05, 3.63) is 34.8 Å². The van der Waals surface area contributed by atoms with E-state index in [2.05, 4.69) is 12.6 Å². The molecule has 0 N–H and O–H groups in total. The van der Waals surface area contributed by atoms with Gasteiger partial charge in [-0.3, -0.25) is 9.59 Å². The van der Waals surface area contributed by atoms with E-state index in [-0.39, 0.29) is 35.4 Å². The van der Waals surface area contributed by atoms with Gasteiger partial charge in [-0.05, 0) is 29.6 Å². The molecule has 2 fully saturated rings. The molecule has 128 valence electrons. The summed E-state index contributed by atoms with van der Waals surface area (Å²) >= 11 is 1.37. The Morgan fingerprint density at radius 2 is 2.21 bits per heavy atom. The van der Waals surface area contributed by atoms with Gasteiger partial charge in [-0.2, -0.15) is 5.26 Å². The Kier molecular flexibility index (Phi) is 5.39. The number of ether oxygens (including phenoxy) is 1. The van der Waals surface area contributed by atoms with Crippen LogP contribution in [0.5, 0.6) is 0 Å². The molecule has 0 radical (unpaired) electrons. The molecule has 2 saturated carbocycles. The summed E-state index contributed by atoms with van der Waals surface area (Å²) in [7, 11) is 0. The van der Waals surface area contributed by atoms with Crippen LogP contribution in [-0.2, 0) is 14.3 Å². The van der Waals surface area contributed by atoms with E-state index in [4.69, 9.17) is 10.00 Å². The lowest BCUT2D eigenvalue weighted by Crippen LogP contribution is -2.19. The minimum atomic E-state index is -0.556. The van der Waals surface area contributed by atoms with E-state index in [1.54, 1.807) is 0 Å². The predicted octanol–water partition coefficient (Wildman–Crippen LogP) is 3.81. The van der Waals surface area contributed by atoms with Gasteiger partial charge in [-0.15, -0.1) is 11.8 Å². The van der Waals surface area contributed by atoms with Crippen LogP contribution in [0, 0.1) is 28.6 Å². The van der Waals surface area contributed by atoms with E-state index in [0.717, 1.165) is 6.42 Å². The largest absolute Gasteiger partial charge is 0.457 e. The molecule has 24 heavy (non-hydrogen) atoms. The highest BCUT2D eigenvalue weighted by molar-refractivity contribution is 8.02. The summed E-state index contributed by atoms with van der Waals surface area (Å²) in [6.45, 7) is 9.86. The smallest absolute Gasteiger partial charge is 0.310 e. The second-order valence-corrected chi connectivity index (χ2v) is 7.62. The molecule has 3 unspecified atom stereocenters. The summed E-state index contributed by atoms with van der Waals surface area (Å²) < 4.78 is 5.59. The third-order valence-electron chi connectivity index (χ3n) is 4.90. The number of nitrogens with zero attached hydrogens (tertiary/aromatic N) is 1. The predicted molar refractivity (Wildman–Crippen MR) is 95.0 cm³/mol. The van der Waals surface area contributed by atoms with E-state index >= 15 is 0 Å². The van der Waals surface area contributed by atoms with Crippen molar-refractivity contribution in [2.45, 2.75) is 39.7 Å². The molecule has 0 bridgehead atoms. The lowest BCUT2D eigenvalue weighted by Gasteiger charge is -2.13. The third-order valence-corrected chi connectivity index (χ3v) is 5.57. The van der Waals surface area contributed by atoms with Crippen LogP contribution in [0.2, 0.25) is 0 Å². The van der Waals surface area contributed by atoms with Crippen molar-refractivity contribution < 1.29 is 14.3 Å². The maximum absolute atomic E-state index is 12.5. The molecule has 2 rings (SSSR count). The van der Waals surface area contributed by atoms with Gasteiger partial charge in [-0.1, -0.05) is 39.5 Å². The van der Waals surface area contributed by atoms with Crippen LogP contribution in [0.4, 0.5) is 0 Å². The second kappa shape index (κ2) is 6.98. The standard InChI is InChI=1S/C19H23NO3S/c1-6-7-13-11(2)16(9-15(13)21)23-18(22)17-14(19(17,3)4)8-12(10-20)24-5/h7-8,14,16-17H,2,6,9H2,1,3-5H3/b12-8?,13-7-. The lowest BCUT2D eigenvalue weighted by atomic mass is 10.1. The molecule has 0 spiro atoms. The fourth-order valence-electron chi connectivity index (χ4n) is 3.28. The average molecular weight is 345 g/mol. The Balaban J connectivity index is 2.08. The molecule has 0 heterocycles. The number of allylic oxidation sites excluding steroid dienone is 3. The van der Waals surface area contributed by atoms with Gasteiger partial charge >= 0.3 is 5.97 Å². The number of ketones is 1. The second-order valence-electron chi connectivity index (χ2n) is 6.78. The highest BCUT2D eigenvalue weighted by Gasteiger charge is 2.62. The van der Waals surface area contributed by atoms with Crippen LogP contribution in [0.3, 0.4) is 0 Å². The van der Waals surface area contributed by atoms with Crippen molar-refractivity contribution >= 4 is 23.5 Å². The number of hydrogen-bond donors (Lipinski definition) is 0. The number of hydrogen-bond acceptors (Lipinski definition) is 5. The average Bonchev–Trinajstić information content (AvgIpc) is 2.98. The molecule has 0 aliphatic heterocycles. The van der Waals surface area contributed by atoms with Crippen molar-refractivity contribution in [1.29, 1.82) is 5.26 Å². The zero-order valence-electron chi connectivity index (χ0n) is 14.6. The van der Waals surface area contributed by atoms with E-state index in [1.807, 2.05) is 39.2 Å². The van der Waals surface area contributed by atoms with Gasteiger partial charge in [-0.25, -0.2) is 0 Å². The summed E-state index contributed by atoms with van der Waals surface area (Å²) in [6.07, 6.45) is 5.90. The van der Waals surface area contributed by atoms with Crippen LogP contribution in [-0.4, -0.2) is 24.1 Å². The van der Waals surface area contributed by atoms with Crippen molar-refractivity contribution in [2.75, 3.05) is 6.26 Å². The Bertz CT molecular complexity index is 681. The summed E-state index contributed by atoms with van der Waals surface area (Å²) in [5.74, 6) is -0.616. The molecule has 0 aromatic rings. The number of carbonyl (C=O) groups excluding carboxylic acids is 2. The molecular formula is C19H23NO3S. The Hall–Kier alpha value is -1.80. The fraction of sp³-hybridized carbons (Fsp3) is 0.526. The Labute approximate surface area is 147 Å². The van der Waals surface area contributed by atoms with Crippen LogP contribution >= 0.6 is 11.8 Å². The Morgan fingerprint density at radius 1 is 1.54 bits per heavy atom. The monoisotopic (exact) mass is 345 g/mol. The maximum atomic E-state index is 12.5. The van der Waals surface area contributed by atoms with Crippen molar-refractivity contribution in [1.82, 2.24) is 0 Å². The highest BCUT2D eigenvalue weighted by Crippen LogP contribution is 2.60.